The number of nitrogens with zero attached hydrogens (tertiary/aromatic N) is 2. The van der Waals surface area contributed by atoms with Crippen LogP contribution < -0.4 is 0 Å². The minimum atomic E-state index is 0.00448. The number of carbonyl (C=O) groups excluding carboxylic acids is 3. The van der Waals surface area contributed by atoms with Crippen molar-refractivity contribution in [2.24, 2.45) is 0 Å². The van der Waals surface area contributed by atoms with Gasteiger partial charge in [0.15, 0.2) is 0 Å². The molecule has 124 valence electrons. The van der Waals surface area contributed by atoms with Crippen LogP contribution in [0.3, 0.4) is 0 Å². The molecule has 0 atom stereocenters. The molecule has 0 radical (unpaired) electrons. The lowest BCUT2D eigenvalue weighted by molar-refractivity contribution is -0.132. The Bertz CT molecular complexity index is 580. The van der Waals surface area contributed by atoms with Crippen LogP contribution in [0.2, 0.25) is 0 Å². The summed E-state index contributed by atoms with van der Waals surface area (Å²) in [4.78, 5) is 39.2. The van der Waals surface area contributed by atoms with E-state index in [0.717, 1.165) is 12.0 Å². The summed E-state index contributed by atoms with van der Waals surface area (Å²) in [6.07, 6.45) is 1.33. The van der Waals surface area contributed by atoms with Gasteiger partial charge in [-0.3, -0.25) is 9.59 Å². The van der Waals surface area contributed by atoms with Crippen molar-refractivity contribution in [2.45, 2.75) is 33.1 Å². The first kappa shape index (κ1) is 17.2. The molecule has 5 nitrogen and oxygen atoms in total. The molecule has 0 spiro atoms. The van der Waals surface area contributed by atoms with E-state index in [1.807, 2.05) is 36.1 Å². The van der Waals surface area contributed by atoms with E-state index in [1.54, 1.807) is 4.90 Å². The third-order valence-corrected chi connectivity index (χ3v) is 4.13. The molecular formula is C18H24N2O3. The van der Waals surface area contributed by atoms with Gasteiger partial charge in [0.25, 0.3) is 5.91 Å². The molecule has 0 unspecified atom stereocenters. The molecule has 0 bridgehead atoms. The van der Waals surface area contributed by atoms with Crippen molar-refractivity contribution in [1.82, 2.24) is 9.80 Å². The van der Waals surface area contributed by atoms with Gasteiger partial charge >= 0.3 is 0 Å². The zero-order valence-electron chi connectivity index (χ0n) is 13.9. The van der Waals surface area contributed by atoms with Crippen LogP contribution >= 0.6 is 0 Å². The van der Waals surface area contributed by atoms with Gasteiger partial charge in [0.2, 0.25) is 5.91 Å². The fourth-order valence-corrected chi connectivity index (χ4v) is 2.69. The van der Waals surface area contributed by atoms with Crippen molar-refractivity contribution in [3.8, 4) is 0 Å². The van der Waals surface area contributed by atoms with Gasteiger partial charge in [-0.2, -0.15) is 0 Å². The Labute approximate surface area is 137 Å². The topological polar surface area (TPSA) is 57.7 Å². The van der Waals surface area contributed by atoms with Crippen LogP contribution in [0.15, 0.2) is 24.3 Å². The summed E-state index contributed by atoms with van der Waals surface area (Å²) in [5, 5.41) is 0. The Kier molecular flexibility index (Phi) is 5.90. The zero-order valence-corrected chi connectivity index (χ0v) is 13.9. The van der Waals surface area contributed by atoms with Crippen LogP contribution in [0.4, 0.5) is 0 Å². The van der Waals surface area contributed by atoms with Crippen LogP contribution in [0.1, 0.15) is 42.1 Å². The summed E-state index contributed by atoms with van der Waals surface area (Å²) in [5.74, 6) is 0.0530. The predicted octanol–water partition coefficient (Wildman–Crippen LogP) is 2.04. The normalized spacial score (nSPS) is 15.2. The van der Waals surface area contributed by atoms with Crippen molar-refractivity contribution in [3.05, 3.63) is 35.4 Å². The molecule has 1 aliphatic heterocycles. The van der Waals surface area contributed by atoms with Crippen molar-refractivity contribution in [1.29, 1.82) is 0 Å². The highest BCUT2D eigenvalue weighted by Gasteiger charge is 2.22. The number of carbonyl (C=O) groups is 3. The Balaban J connectivity index is 1.92. The number of ketones is 1. The summed E-state index contributed by atoms with van der Waals surface area (Å²) in [6, 6.07) is 7.56. The molecule has 1 aliphatic rings. The van der Waals surface area contributed by atoms with E-state index in [1.165, 1.54) is 6.92 Å². The predicted molar refractivity (Wildman–Crippen MR) is 88.2 cm³/mol. The maximum Gasteiger partial charge on any atom is 0.253 e. The molecule has 0 aromatic heterocycles. The number of Topliss-reactive ketones (excluding diaryl/α,β-unsaturated/α-hetero) is 1. The molecule has 5 heteroatoms. The first-order valence-electron chi connectivity index (χ1n) is 8.10. The Morgan fingerprint density at radius 2 is 1.52 bits per heavy atom. The van der Waals surface area contributed by atoms with Crippen molar-refractivity contribution >= 4 is 17.6 Å². The summed E-state index contributed by atoms with van der Waals surface area (Å²) in [6.45, 7) is 5.87. The quantitative estimate of drug-likeness (QED) is 0.854. The first-order chi connectivity index (χ1) is 11.0. The average Bonchev–Trinajstić information content (AvgIpc) is 2.78. The first-order valence-corrected chi connectivity index (χ1v) is 8.10. The number of hydrogen-bond donors (Lipinski definition) is 0. The lowest BCUT2D eigenvalue weighted by Crippen LogP contribution is -2.37. The van der Waals surface area contributed by atoms with Gasteiger partial charge < -0.3 is 14.6 Å². The maximum absolute atomic E-state index is 12.5. The molecule has 2 rings (SSSR count). The molecule has 1 saturated heterocycles. The van der Waals surface area contributed by atoms with Gasteiger partial charge in [0, 0.05) is 44.6 Å². The molecule has 1 heterocycles. The van der Waals surface area contributed by atoms with E-state index < -0.39 is 0 Å². The molecule has 1 aromatic rings. The Hall–Kier alpha value is -2.17. The van der Waals surface area contributed by atoms with Crippen LogP contribution in [0.5, 0.6) is 0 Å². The number of aryl methyl sites for hydroxylation is 1. The van der Waals surface area contributed by atoms with E-state index >= 15 is 0 Å². The molecule has 0 aliphatic carbocycles. The lowest BCUT2D eigenvalue weighted by Gasteiger charge is -2.22. The molecule has 0 N–H and O–H groups in total. The summed E-state index contributed by atoms with van der Waals surface area (Å²) < 4.78 is 0. The van der Waals surface area contributed by atoms with E-state index in [4.69, 9.17) is 0 Å². The smallest absolute Gasteiger partial charge is 0.253 e. The largest absolute Gasteiger partial charge is 0.341 e. The number of benzene rings is 1. The number of amides is 2. The third-order valence-electron chi connectivity index (χ3n) is 4.13. The van der Waals surface area contributed by atoms with Crippen LogP contribution in [-0.4, -0.2) is 53.6 Å². The van der Waals surface area contributed by atoms with Crippen molar-refractivity contribution in [3.63, 3.8) is 0 Å². The second-order valence-corrected chi connectivity index (χ2v) is 6.09. The lowest BCUT2D eigenvalue weighted by atomic mass is 10.1. The molecule has 2 amide bonds. The standard InChI is InChI=1S/C18H24N2O3/c1-14-4-7-16(8-5-14)18(23)20-11-3-10-19(12-13-20)17(22)9-6-15(2)21/h4-5,7-8H,3,6,9-13H2,1-2H3. The zero-order chi connectivity index (χ0) is 16.8. The fourth-order valence-electron chi connectivity index (χ4n) is 2.69. The van der Waals surface area contributed by atoms with Crippen LogP contribution in [-0.2, 0) is 9.59 Å². The van der Waals surface area contributed by atoms with E-state index in [9.17, 15) is 14.4 Å². The Morgan fingerprint density at radius 3 is 2.17 bits per heavy atom. The van der Waals surface area contributed by atoms with Gasteiger partial charge in [0.05, 0.1) is 0 Å². The molecule has 1 fully saturated rings. The van der Waals surface area contributed by atoms with Gasteiger partial charge in [-0.1, -0.05) is 17.7 Å². The highest BCUT2D eigenvalue weighted by Crippen LogP contribution is 2.11. The van der Waals surface area contributed by atoms with E-state index in [2.05, 4.69) is 0 Å². The summed E-state index contributed by atoms with van der Waals surface area (Å²) in [5.41, 5.74) is 1.81. The molecular weight excluding hydrogens is 292 g/mol. The van der Waals surface area contributed by atoms with E-state index in [-0.39, 0.29) is 24.0 Å². The second kappa shape index (κ2) is 7.90. The fraction of sp³-hybridized carbons (Fsp3) is 0.500. The van der Waals surface area contributed by atoms with Gasteiger partial charge in [-0.25, -0.2) is 0 Å². The summed E-state index contributed by atoms with van der Waals surface area (Å²) in [7, 11) is 0. The third kappa shape index (κ3) is 4.91. The van der Waals surface area contributed by atoms with Gasteiger partial charge in [-0.15, -0.1) is 0 Å². The van der Waals surface area contributed by atoms with Crippen LogP contribution in [0, 0.1) is 6.92 Å². The second-order valence-electron chi connectivity index (χ2n) is 6.09. The maximum atomic E-state index is 12.5. The summed E-state index contributed by atoms with van der Waals surface area (Å²) >= 11 is 0. The van der Waals surface area contributed by atoms with Crippen molar-refractivity contribution < 1.29 is 14.4 Å². The minimum Gasteiger partial charge on any atom is -0.341 e. The van der Waals surface area contributed by atoms with Gasteiger partial charge in [0.1, 0.15) is 5.78 Å². The highest BCUT2D eigenvalue weighted by molar-refractivity contribution is 5.94. The van der Waals surface area contributed by atoms with Crippen molar-refractivity contribution in [2.75, 3.05) is 26.2 Å². The SMILES string of the molecule is CC(=O)CCC(=O)N1CCCN(C(=O)c2ccc(C)cc2)CC1. The molecule has 1 aromatic carbocycles. The van der Waals surface area contributed by atoms with Crippen LogP contribution in [0.25, 0.3) is 0 Å². The Morgan fingerprint density at radius 1 is 0.913 bits per heavy atom. The van der Waals surface area contributed by atoms with Gasteiger partial charge in [-0.05, 0) is 32.4 Å². The number of rotatable bonds is 4. The molecule has 23 heavy (non-hydrogen) atoms. The molecule has 0 saturated carbocycles. The van der Waals surface area contributed by atoms with E-state index in [0.29, 0.717) is 38.2 Å². The monoisotopic (exact) mass is 316 g/mol. The number of hydrogen-bond acceptors (Lipinski definition) is 3. The highest BCUT2D eigenvalue weighted by atomic mass is 16.2. The average molecular weight is 316 g/mol. The minimum absolute atomic E-state index is 0.00448.